The first-order chi connectivity index (χ1) is 5.15. The second kappa shape index (κ2) is 3.55. The molecule has 1 saturated heterocycles. The highest BCUT2D eigenvalue weighted by atomic mass is 16.3. The molecular weight excluding hydrogens is 138 g/mol. The molecule has 0 saturated carbocycles. The molecule has 0 radical (unpaired) electrons. The molecule has 1 heterocycles. The van der Waals surface area contributed by atoms with Crippen molar-refractivity contribution in [3.8, 4) is 0 Å². The summed E-state index contributed by atoms with van der Waals surface area (Å²) in [6, 6.07) is 0.679. The average Bonchev–Trinajstić information content (AvgIpc) is 1.85. The van der Waals surface area contributed by atoms with Gasteiger partial charge in [-0.25, -0.2) is 0 Å². The first-order valence-electron chi connectivity index (χ1n) is 4.50. The third-order valence-corrected chi connectivity index (χ3v) is 2.78. The van der Waals surface area contributed by atoms with E-state index in [9.17, 15) is 0 Å². The van der Waals surface area contributed by atoms with Crippen molar-refractivity contribution in [3.05, 3.63) is 0 Å². The monoisotopic (exact) mass is 157 g/mol. The molecule has 1 fully saturated rings. The van der Waals surface area contributed by atoms with Gasteiger partial charge in [-0.2, -0.15) is 0 Å². The SMILES string of the molecule is CC(C)C(C)N1CC(CO)C1. The fourth-order valence-electron chi connectivity index (χ4n) is 1.48. The minimum atomic E-state index is 0.362. The van der Waals surface area contributed by atoms with Crippen molar-refractivity contribution in [1.82, 2.24) is 4.90 Å². The van der Waals surface area contributed by atoms with Crippen LogP contribution in [0.3, 0.4) is 0 Å². The molecule has 1 N–H and O–H groups in total. The quantitative estimate of drug-likeness (QED) is 0.659. The van der Waals surface area contributed by atoms with Gasteiger partial charge in [0, 0.05) is 31.7 Å². The van der Waals surface area contributed by atoms with Crippen molar-refractivity contribution >= 4 is 0 Å². The summed E-state index contributed by atoms with van der Waals surface area (Å²) in [5.74, 6) is 1.28. The number of hydrogen-bond donors (Lipinski definition) is 1. The summed E-state index contributed by atoms with van der Waals surface area (Å²) in [6.45, 7) is 9.30. The molecule has 0 aromatic carbocycles. The second-order valence-electron chi connectivity index (χ2n) is 3.99. The Hall–Kier alpha value is -0.0800. The number of aliphatic hydroxyl groups excluding tert-OH is 1. The molecule has 0 bridgehead atoms. The lowest BCUT2D eigenvalue weighted by Gasteiger charge is -2.44. The molecule has 2 heteroatoms. The largest absolute Gasteiger partial charge is 0.396 e. The van der Waals surface area contributed by atoms with E-state index in [0.717, 1.165) is 19.0 Å². The number of rotatable bonds is 3. The van der Waals surface area contributed by atoms with Crippen molar-refractivity contribution in [2.75, 3.05) is 19.7 Å². The highest BCUT2D eigenvalue weighted by Crippen LogP contribution is 2.21. The van der Waals surface area contributed by atoms with Crippen LogP contribution < -0.4 is 0 Å². The van der Waals surface area contributed by atoms with Crippen LogP contribution in [0.15, 0.2) is 0 Å². The van der Waals surface area contributed by atoms with Crippen LogP contribution in [-0.4, -0.2) is 35.7 Å². The van der Waals surface area contributed by atoms with Crippen LogP contribution in [0.2, 0.25) is 0 Å². The van der Waals surface area contributed by atoms with E-state index in [-0.39, 0.29) is 0 Å². The molecule has 1 rings (SSSR count). The van der Waals surface area contributed by atoms with Crippen molar-refractivity contribution in [2.24, 2.45) is 11.8 Å². The minimum absolute atomic E-state index is 0.362. The van der Waals surface area contributed by atoms with E-state index in [1.54, 1.807) is 0 Å². The maximum atomic E-state index is 8.80. The van der Waals surface area contributed by atoms with Crippen molar-refractivity contribution in [1.29, 1.82) is 0 Å². The fraction of sp³-hybridized carbons (Fsp3) is 1.00. The number of nitrogens with zero attached hydrogens (tertiary/aromatic N) is 1. The summed E-state index contributed by atoms with van der Waals surface area (Å²) in [4.78, 5) is 2.44. The van der Waals surface area contributed by atoms with Gasteiger partial charge in [0.15, 0.2) is 0 Å². The van der Waals surface area contributed by atoms with Gasteiger partial charge in [-0.1, -0.05) is 13.8 Å². The summed E-state index contributed by atoms with van der Waals surface area (Å²) in [5, 5.41) is 8.80. The van der Waals surface area contributed by atoms with Crippen molar-refractivity contribution < 1.29 is 5.11 Å². The Labute approximate surface area is 69.2 Å². The van der Waals surface area contributed by atoms with E-state index >= 15 is 0 Å². The Kier molecular flexibility index (Phi) is 2.90. The molecule has 0 aromatic heterocycles. The Morgan fingerprint density at radius 3 is 2.27 bits per heavy atom. The molecule has 0 aromatic rings. The van der Waals surface area contributed by atoms with Gasteiger partial charge in [-0.3, -0.25) is 4.90 Å². The molecule has 0 spiro atoms. The second-order valence-corrected chi connectivity index (χ2v) is 3.99. The van der Waals surface area contributed by atoms with Gasteiger partial charge in [0.2, 0.25) is 0 Å². The molecule has 0 amide bonds. The molecule has 1 unspecified atom stereocenters. The van der Waals surface area contributed by atoms with E-state index < -0.39 is 0 Å². The molecule has 1 aliphatic heterocycles. The van der Waals surface area contributed by atoms with E-state index in [0.29, 0.717) is 18.6 Å². The molecule has 0 aliphatic carbocycles. The summed E-state index contributed by atoms with van der Waals surface area (Å²) < 4.78 is 0. The average molecular weight is 157 g/mol. The first kappa shape index (κ1) is 9.01. The zero-order chi connectivity index (χ0) is 8.43. The summed E-state index contributed by atoms with van der Waals surface area (Å²) in [5.41, 5.74) is 0. The number of likely N-dealkylation sites (tertiary alicyclic amines) is 1. The first-order valence-corrected chi connectivity index (χ1v) is 4.50. The Balaban J connectivity index is 2.21. The minimum Gasteiger partial charge on any atom is -0.396 e. The Bertz CT molecular complexity index is 119. The highest BCUT2D eigenvalue weighted by Gasteiger charge is 2.30. The molecule has 11 heavy (non-hydrogen) atoms. The lowest BCUT2D eigenvalue weighted by molar-refractivity contribution is 0.0107. The molecular formula is C9H19NO. The van der Waals surface area contributed by atoms with Gasteiger partial charge in [-0.15, -0.1) is 0 Å². The summed E-state index contributed by atoms with van der Waals surface area (Å²) in [6.07, 6.45) is 0. The van der Waals surface area contributed by atoms with E-state index in [1.807, 2.05) is 0 Å². The molecule has 2 nitrogen and oxygen atoms in total. The smallest absolute Gasteiger partial charge is 0.0483 e. The van der Waals surface area contributed by atoms with Crippen molar-refractivity contribution in [2.45, 2.75) is 26.8 Å². The van der Waals surface area contributed by atoms with Gasteiger partial charge in [0.05, 0.1) is 0 Å². The normalized spacial score (nSPS) is 23.7. The lowest BCUT2D eigenvalue weighted by atomic mass is 9.94. The van der Waals surface area contributed by atoms with Crippen LogP contribution in [0.5, 0.6) is 0 Å². The van der Waals surface area contributed by atoms with E-state index in [2.05, 4.69) is 25.7 Å². The maximum absolute atomic E-state index is 8.80. The van der Waals surface area contributed by atoms with Crippen molar-refractivity contribution in [3.63, 3.8) is 0 Å². The van der Waals surface area contributed by atoms with Crippen LogP contribution in [0, 0.1) is 11.8 Å². The van der Waals surface area contributed by atoms with Crippen LogP contribution in [-0.2, 0) is 0 Å². The van der Waals surface area contributed by atoms with E-state index in [4.69, 9.17) is 5.11 Å². The zero-order valence-corrected chi connectivity index (χ0v) is 7.75. The molecule has 1 atom stereocenters. The van der Waals surface area contributed by atoms with E-state index in [1.165, 1.54) is 0 Å². The molecule has 1 aliphatic rings. The predicted octanol–water partition coefficient (Wildman–Crippen LogP) is 0.955. The zero-order valence-electron chi connectivity index (χ0n) is 7.75. The number of hydrogen-bond acceptors (Lipinski definition) is 2. The lowest BCUT2D eigenvalue weighted by Crippen LogP contribution is -2.53. The van der Waals surface area contributed by atoms with Gasteiger partial charge >= 0.3 is 0 Å². The molecule has 66 valence electrons. The van der Waals surface area contributed by atoms with Gasteiger partial charge in [0.25, 0.3) is 0 Å². The van der Waals surface area contributed by atoms with Crippen LogP contribution >= 0.6 is 0 Å². The van der Waals surface area contributed by atoms with Gasteiger partial charge < -0.3 is 5.11 Å². The van der Waals surface area contributed by atoms with Crippen LogP contribution in [0.1, 0.15) is 20.8 Å². The van der Waals surface area contributed by atoms with Crippen LogP contribution in [0.25, 0.3) is 0 Å². The summed E-state index contributed by atoms with van der Waals surface area (Å²) >= 11 is 0. The standard InChI is InChI=1S/C9H19NO/c1-7(2)8(3)10-4-9(5-10)6-11/h7-9,11H,4-6H2,1-3H3. The van der Waals surface area contributed by atoms with Gasteiger partial charge in [0.1, 0.15) is 0 Å². The topological polar surface area (TPSA) is 23.5 Å². The highest BCUT2D eigenvalue weighted by molar-refractivity contribution is 4.84. The fourth-order valence-corrected chi connectivity index (χ4v) is 1.48. The number of aliphatic hydroxyl groups is 1. The van der Waals surface area contributed by atoms with Gasteiger partial charge in [-0.05, 0) is 12.8 Å². The predicted molar refractivity (Wildman–Crippen MR) is 46.4 cm³/mol. The summed E-state index contributed by atoms with van der Waals surface area (Å²) in [7, 11) is 0. The maximum Gasteiger partial charge on any atom is 0.0483 e. The Morgan fingerprint density at radius 1 is 1.36 bits per heavy atom. The Morgan fingerprint density at radius 2 is 1.91 bits per heavy atom. The third kappa shape index (κ3) is 1.94. The van der Waals surface area contributed by atoms with Crippen LogP contribution in [0.4, 0.5) is 0 Å². The third-order valence-electron chi connectivity index (χ3n) is 2.78.